The third-order valence-corrected chi connectivity index (χ3v) is 5.21. The van der Waals surface area contributed by atoms with Crippen LogP contribution in [0.1, 0.15) is 25.8 Å². The van der Waals surface area contributed by atoms with Crippen LogP contribution in [0.5, 0.6) is 0 Å². The van der Waals surface area contributed by atoms with E-state index < -0.39 is 24.1 Å². The van der Waals surface area contributed by atoms with Gasteiger partial charge in [0.2, 0.25) is 10.0 Å². The summed E-state index contributed by atoms with van der Waals surface area (Å²) in [5.41, 5.74) is 0.975. The van der Waals surface area contributed by atoms with Gasteiger partial charge in [-0.3, -0.25) is 4.57 Å². The lowest BCUT2D eigenvalue weighted by molar-refractivity contribution is 0.460. The van der Waals surface area contributed by atoms with Crippen LogP contribution in [0.4, 0.5) is 0 Å². The first-order valence-electron chi connectivity index (χ1n) is 6.51. The maximum Gasteiger partial charge on any atom is 0.240 e. The highest BCUT2D eigenvalue weighted by Gasteiger charge is 2.22. The van der Waals surface area contributed by atoms with E-state index in [4.69, 9.17) is 4.89 Å². The Hall–Kier alpha value is -0.680. The van der Waals surface area contributed by atoms with E-state index in [1.165, 1.54) is 12.1 Å². The summed E-state index contributed by atoms with van der Waals surface area (Å²) in [6.07, 6.45) is 0.496. The zero-order valence-electron chi connectivity index (χ0n) is 12.0. The van der Waals surface area contributed by atoms with E-state index >= 15 is 0 Å². The second-order valence-corrected chi connectivity index (χ2v) is 8.27. The van der Waals surface area contributed by atoms with Crippen LogP contribution >= 0.6 is 8.03 Å². The summed E-state index contributed by atoms with van der Waals surface area (Å²) in [4.78, 5) is 9.23. The SMILES string of the molecule is Cc1ccc(S(=O)(=O)NC(CC(C)C)C[PH](=O)O)cc1. The second-order valence-electron chi connectivity index (χ2n) is 5.36. The predicted molar refractivity (Wildman–Crippen MR) is 80.8 cm³/mol. The van der Waals surface area contributed by atoms with E-state index in [1.54, 1.807) is 12.1 Å². The molecule has 2 N–H and O–H groups in total. The fourth-order valence-corrected chi connectivity index (χ4v) is 4.04. The van der Waals surface area contributed by atoms with Crippen LogP contribution in [-0.4, -0.2) is 25.5 Å². The molecule has 0 aliphatic rings. The molecule has 1 rings (SSSR count). The Balaban J connectivity index is 2.90. The number of nitrogens with one attached hydrogen (secondary N) is 1. The molecule has 0 spiro atoms. The second kappa shape index (κ2) is 7.36. The Labute approximate surface area is 121 Å². The highest BCUT2D eigenvalue weighted by molar-refractivity contribution is 7.89. The van der Waals surface area contributed by atoms with Gasteiger partial charge in [0.25, 0.3) is 0 Å². The molecule has 2 atom stereocenters. The average Bonchev–Trinajstić information content (AvgIpc) is 2.26. The van der Waals surface area contributed by atoms with Gasteiger partial charge >= 0.3 is 0 Å². The minimum atomic E-state index is -3.65. The molecule has 0 saturated heterocycles. The molecule has 0 radical (unpaired) electrons. The Kier molecular flexibility index (Phi) is 6.40. The normalized spacial score (nSPS) is 15.2. The highest BCUT2D eigenvalue weighted by Crippen LogP contribution is 2.20. The number of aryl methyl sites for hydroxylation is 1. The van der Waals surface area contributed by atoms with Crippen molar-refractivity contribution in [1.82, 2.24) is 4.72 Å². The molecule has 0 fully saturated rings. The van der Waals surface area contributed by atoms with Crippen LogP contribution in [0.15, 0.2) is 29.2 Å². The fourth-order valence-electron chi connectivity index (χ4n) is 1.96. The molecule has 0 saturated carbocycles. The molecule has 0 amide bonds. The van der Waals surface area contributed by atoms with Crippen molar-refractivity contribution >= 4 is 18.1 Å². The van der Waals surface area contributed by atoms with E-state index in [-0.39, 0.29) is 17.0 Å². The molecule has 0 aliphatic carbocycles. The van der Waals surface area contributed by atoms with E-state index in [0.717, 1.165) is 5.56 Å². The lowest BCUT2D eigenvalue weighted by Crippen LogP contribution is -2.37. The topological polar surface area (TPSA) is 83.5 Å². The maximum atomic E-state index is 12.2. The minimum Gasteiger partial charge on any atom is -0.346 e. The van der Waals surface area contributed by atoms with Gasteiger partial charge in [-0.1, -0.05) is 31.5 Å². The molecule has 5 nitrogen and oxygen atoms in total. The maximum absolute atomic E-state index is 12.2. The number of hydrogen-bond acceptors (Lipinski definition) is 3. The van der Waals surface area contributed by atoms with Gasteiger partial charge in [0, 0.05) is 12.2 Å². The summed E-state index contributed by atoms with van der Waals surface area (Å²) in [6.45, 7) is 5.77. The zero-order valence-corrected chi connectivity index (χ0v) is 13.8. The summed E-state index contributed by atoms with van der Waals surface area (Å²) in [6, 6.07) is 6.00. The van der Waals surface area contributed by atoms with Crippen molar-refractivity contribution in [3.63, 3.8) is 0 Å². The van der Waals surface area contributed by atoms with Gasteiger partial charge in [-0.05, 0) is 31.4 Å². The summed E-state index contributed by atoms with van der Waals surface area (Å²) in [5.74, 6) is 0.238. The molecule has 0 aromatic heterocycles. The van der Waals surface area contributed by atoms with Crippen LogP contribution in [0.2, 0.25) is 0 Å². The first-order chi connectivity index (χ1) is 9.20. The largest absolute Gasteiger partial charge is 0.346 e. The first-order valence-corrected chi connectivity index (χ1v) is 9.56. The number of hydrogen-bond donors (Lipinski definition) is 2. The Bertz CT molecular complexity index is 554. The summed E-state index contributed by atoms with van der Waals surface area (Å²) in [7, 11) is -6.37. The molecule has 2 unspecified atom stereocenters. The number of sulfonamides is 1. The molecule has 0 heterocycles. The summed E-state index contributed by atoms with van der Waals surface area (Å²) in [5, 5.41) is 0. The van der Waals surface area contributed by atoms with Crippen LogP contribution < -0.4 is 4.72 Å². The lowest BCUT2D eigenvalue weighted by atomic mass is 10.1. The van der Waals surface area contributed by atoms with Crippen molar-refractivity contribution < 1.29 is 17.9 Å². The third-order valence-electron chi connectivity index (χ3n) is 2.83. The summed E-state index contributed by atoms with van der Waals surface area (Å²) >= 11 is 0. The van der Waals surface area contributed by atoms with Crippen LogP contribution in [0, 0.1) is 12.8 Å². The van der Waals surface area contributed by atoms with Crippen LogP contribution in [-0.2, 0) is 14.6 Å². The molecule has 1 aromatic rings. The molecular formula is C13H22NO4PS. The van der Waals surface area contributed by atoms with E-state index in [2.05, 4.69) is 4.72 Å². The molecule has 0 bridgehead atoms. The van der Waals surface area contributed by atoms with Crippen molar-refractivity contribution in [1.29, 1.82) is 0 Å². The van der Waals surface area contributed by atoms with Crippen molar-refractivity contribution in [2.24, 2.45) is 5.92 Å². The average molecular weight is 319 g/mol. The number of benzene rings is 1. The zero-order chi connectivity index (χ0) is 15.3. The van der Waals surface area contributed by atoms with Gasteiger partial charge < -0.3 is 4.89 Å². The Morgan fingerprint density at radius 1 is 1.25 bits per heavy atom. The molecule has 7 heteroatoms. The van der Waals surface area contributed by atoms with Gasteiger partial charge in [0.15, 0.2) is 8.03 Å². The fraction of sp³-hybridized carbons (Fsp3) is 0.538. The van der Waals surface area contributed by atoms with Gasteiger partial charge in [0.1, 0.15) is 0 Å². The smallest absolute Gasteiger partial charge is 0.240 e. The molecule has 20 heavy (non-hydrogen) atoms. The summed E-state index contributed by atoms with van der Waals surface area (Å²) < 4.78 is 38.0. The van der Waals surface area contributed by atoms with Gasteiger partial charge in [-0.2, -0.15) is 0 Å². The third kappa shape index (κ3) is 5.75. The minimum absolute atomic E-state index is 0.0338. The standard InChI is InChI=1S/C13H22NO4PS/c1-10(2)8-12(9-19(15)16)14-20(17,18)13-6-4-11(3)5-7-13/h4-7,10,12,14,19H,8-9H2,1-3H3,(H,15,16). The van der Waals surface area contributed by atoms with Crippen molar-refractivity contribution in [3.05, 3.63) is 29.8 Å². The van der Waals surface area contributed by atoms with Gasteiger partial charge in [0.05, 0.1) is 4.90 Å². The monoisotopic (exact) mass is 319 g/mol. The van der Waals surface area contributed by atoms with E-state index in [0.29, 0.717) is 6.42 Å². The lowest BCUT2D eigenvalue weighted by Gasteiger charge is -2.19. The quantitative estimate of drug-likeness (QED) is 0.754. The molecule has 1 aromatic carbocycles. The van der Waals surface area contributed by atoms with Crippen molar-refractivity contribution in [2.75, 3.05) is 6.16 Å². The van der Waals surface area contributed by atoms with E-state index in [1.807, 2.05) is 20.8 Å². The van der Waals surface area contributed by atoms with Gasteiger partial charge in [-0.25, -0.2) is 13.1 Å². The van der Waals surface area contributed by atoms with E-state index in [9.17, 15) is 13.0 Å². The van der Waals surface area contributed by atoms with Gasteiger partial charge in [-0.15, -0.1) is 0 Å². The highest BCUT2D eigenvalue weighted by atomic mass is 32.2. The predicted octanol–water partition coefficient (Wildman–Crippen LogP) is 2.16. The Morgan fingerprint density at radius 2 is 1.80 bits per heavy atom. The molecular weight excluding hydrogens is 297 g/mol. The van der Waals surface area contributed by atoms with Crippen LogP contribution in [0.25, 0.3) is 0 Å². The number of rotatable bonds is 7. The first kappa shape index (κ1) is 17.4. The van der Waals surface area contributed by atoms with Crippen molar-refractivity contribution in [2.45, 2.75) is 38.1 Å². The molecule has 114 valence electrons. The Morgan fingerprint density at radius 3 is 2.25 bits per heavy atom. The van der Waals surface area contributed by atoms with Crippen LogP contribution in [0.3, 0.4) is 0 Å². The van der Waals surface area contributed by atoms with Crippen molar-refractivity contribution in [3.8, 4) is 0 Å². The molecule has 0 aliphatic heterocycles.